The first-order chi connectivity index (χ1) is 13.6. The summed E-state index contributed by atoms with van der Waals surface area (Å²) in [6.07, 6.45) is 6.07. The van der Waals surface area contributed by atoms with Crippen LogP contribution in [-0.4, -0.2) is 25.1 Å². The number of anilines is 1. The van der Waals surface area contributed by atoms with Crippen LogP contribution in [0.2, 0.25) is 5.02 Å². The minimum Gasteiger partial charge on any atom is -0.404 e. The van der Waals surface area contributed by atoms with E-state index < -0.39 is 15.5 Å². The number of allylic oxidation sites excluding steroid dienone is 1. The van der Waals surface area contributed by atoms with E-state index in [0.717, 1.165) is 30.7 Å². The number of rotatable bonds is 7. The van der Waals surface area contributed by atoms with E-state index in [-0.39, 0.29) is 10.7 Å². The molecule has 1 heterocycles. The Hall–Kier alpha value is -2.59. The molecule has 0 spiro atoms. The van der Waals surface area contributed by atoms with Crippen LogP contribution in [0.15, 0.2) is 47.7 Å². The lowest BCUT2D eigenvalue weighted by molar-refractivity contribution is -0.0429. The van der Waals surface area contributed by atoms with Crippen LogP contribution in [-0.2, 0) is 16.4 Å². The first-order valence-electron chi connectivity index (χ1n) is 8.37. The van der Waals surface area contributed by atoms with Gasteiger partial charge in [0.1, 0.15) is 0 Å². The average molecular weight is 447 g/mol. The molecule has 3 N–H and O–H groups in total. The maximum Gasteiger partial charge on any atom is 0.516 e. The van der Waals surface area contributed by atoms with Crippen molar-refractivity contribution in [2.75, 3.05) is 4.72 Å². The Morgan fingerprint density at radius 3 is 2.62 bits per heavy atom. The summed E-state index contributed by atoms with van der Waals surface area (Å²) in [5, 5.41) is -0.00285. The molecule has 0 unspecified atom stereocenters. The second kappa shape index (κ2) is 9.27. The van der Waals surface area contributed by atoms with Crippen LogP contribution < -0.4 is 10.5 Å². The summed E-state index contributed by atoms with van der Waals surface area (Å²) in [4.78, 5) is 8.55. The molecule has 0 atom stereocenters. The van der Waals surface area contributed by atoms with Crippen LogP contribution in [0.5, 0.6) is 0 Å². The summed E-state index contributed by atoms with van der Waals surface area (Å²) in [5.41, 5.74) is 2.16. The van der Waals surface area contributed by atoms with Gasteiger partial charge in [-0.25, -0.2) is 0 Å². The van der Waals surface area contributed by atoms with Crippen molar-refractivity contribution in [3.05, 3.63) is 59.0 Å². The first-order valence-corrected chi connectivity index (χ1v) is 10.2. The molecule has 0 radical (unpaired) electrons. The molecular formula is C18H18ClF3N4O2S. The largest absolute Gasteiger partial charge is 0.516 e. The van der Waals surface area contributed by atoms with Gasteiger partial charge in [-0.3, -0.25) is 14.7 Å². The van der Waals surface area contributed by atoms with Crippen LogP contribution in [0, 0.1) is 0 Å². The number of alkyl halides is 3. The monoisotopic (exact) mass is 446 g/mol. The summed E-state index contributed by atoms with van der Waals surface area (Å²) in [5.74, 6) is 0. The maximum atomic E-state index is 12.5. The number of nitrogens with one attached hydrogen (secondary N) is 1. The zero-order chi connectivity index (χ0) is 21.7. The van der Waals surface area contributed by atoms with E-state index in [1.165, 1.54) is 23.2 Å². The predicted molar refractivity (Wildman–Crippen MR) is 109 cm³/mol. The molecule has 1 aromatic heterocycles. The fourth-order valence-electron chi connectivity index (χ4n) is 2.31. The predicted octanol–water partition coefficient (Wildman–Crippen LogP) is 4.65. The van der Waals surface area contributed by atoms with Crippen LogP contribution in [0.3, 0.4) is 0 Å². The van der Waals surface area contributed by atoms with Crippen LogP contribution >= 0.6 is 11.6 Å². The lowest BCUT2D eigenvalue weighted by Crippen LogP contribution is -2.29. The Balaban J connectivity index is 2.25. The lowest BCUT2D eigenvalue weighted by atomic mass is 10.1. The quantitative estimate of drug-likeness (QED) is 0.605. The summed E-state index contributed by atoms with van der Waals surface area (Å²) < 4.78 is 61.3. The Kier molecular flexibility index (Phi) is 7.26. The van der Waals surface area contributed by atoms with Crippen molar-refractivity contribution in [2.24, 2.45) is 10.7 Å². The SMILES string of the molecule is CCCc1cc(N=CC(=CN)c2ccc(NS(=O)(=O)C(F)(F)F)cc2Cl)ccn1. The van der Waals surface area contributed by atoms with Gasteiger partial charge in [-0.05, 0) is 30.7 Å². The third kappa shape index (κ3) is 5.94. The molecule has 2 rings (SSSR count). The third-order valence-electron chi connectivity index (χ3n) is 3.68. The number of benzene rings is 1. The minimum absolute atomic E-state index is 0.00285. The minimum atomic E-state index is -5.54. The molecule has 29 heavy (non-hydrogen) atoms. The van der Waals surface area contributed by atoms with Gasteiger partial charge in [-0.15, -0.1) is 0 Å². The zero-order valence-electron chi connectivity index (χ0n) is 15.2. The lowest BCUT2D eigenvalue weighted by Gasteiger charge is -2.12. The number of aromatic nitrogens is 1. The van der Waals surface area contributed by atoms with Gasteiger partial charge in [0.15, 0.2) is 0 Å². The van der Waals surface area contributed by atoms with E-state index >= 15 is 0 Å². The van der Waals surface area contributed by atoms with Gasteiger partial charge in [0.25, 0.3) is 0 Å². The fraction of sp³-hybridized carbons (Fsp3) is 0.222. The van der Waals surface area contributed by atoms with E-state index in [9.17, 15) is 21.6 Å². The number of nitrogens with zero attached hydrogens (tertiary/aromatic N) is 2. The van der Waals surface area contributed by atoms with Crippen LogP contribution in [0.1, 0.15) is 24.6 Å². The summed E-state index contributed by atoms with van der Waals surface area (Å²) in [7, 11) is -5.54. The van der Waals surface area contributed by atoms with Crippen molar-refractivity contribution in [3.8, 4) is 0 Å². The smallest absolute Gasteiger partial charge is 0.404 e. The van der Waals surface area contributed by atoms with Gasteiger partial charge in [-0.2, -0.15) is 21.6 Å². The molecule has 0 aliphatic carbocycles. The number of aryl methyl sites for hydroxylation is 1. The molecule has 1 aromatic carbocycles. The zero-order valence-corrected chi connectivity index (χ0v) is 16.8. The Bertz CT molecular complexity index is 1040. The molecule has 0 aliphatic heterocycles. The normalized spacial score (nSPS) is 13.1. The second-order valence-corrected chi connectivity index (χ2v) is 7.96. The van der Waals surface area contributed by atoms with E-state index in [1.807, 2.05) is 13.0 Å². The van der Waals surface area contributed by atoms with Crippen LogP contribution in [0.25, 0.3) is 5.57 Å². The number of halogens is 4. The van der Waals surface area contributed by atoms with E-state index in [1.54, 1.807) is 12.3 Å². The number of sulfonamides is 1. The standard InChI is InChI=1S/C18H18ClF3N4O2S/c1-2-3-13-8-14(6-7-24-13)25-11-12(10-23)16-5-4-15(9-17(16)19)26-29(27,28)18(20,21)22/h4-11,26H,2-3,23H2,1H3. The second-order valence-electron chi connectivity index (χ2n) is 5.88. The molecule has 0 saturated carbocycles. The summed E-state index contributed by atoms with van der Waals surface area (Å²) in [6, 6.07) is 7.08. The number of nitrogens with two attached hydrogens (primary N) is 1. The molecule has 0 aliphatic rings. The highest BCUT2D eigenvalue weighted by molar-refractivity contribution is 7.93. The highest BCUT2D eigenvalue weighted by Gasteiger charge is 2.46. The van der Waals surface area contributed by atoms with E-state index in [4.69, 9.17) is 17.3 Å². The highest BCUT2D eigenvalue weighted by atomic mass is 35.5. The molecule has 6 nitrogen and oxygen atoms in total. The van der Waals surface area contributed by atoms with E-state index in [0.29, 0.717) is 16.8 Å². The van der Waals surface area contributed by atoms with Gasteiger partial charge < -0.3 is 5.73 Å². The average Bonchev–Trinajstić information content (AvgIpc) is 2.63. The molecule has 0 amide bonds. The Morgan fingerprint density at radius 2 is 2.03 bits per heavy atom. The number of aliphatic imine (C=N–C) groups is 1. The van der Waals surface area contributed by atoms with Crippen molar-refractivity contribution in [2.45, 2.75) is 25.3 Å². The van der Waals surface area contributed by atoms with Crippen molar-refractivity contribution < 1.29 is 21.6 Å². The van der Waals surface area contributed by atoms with Crippen molar-refractivity contribution in [1.29, 1.82) is 0 Å². The van der Waals surface area contributed by atoms with Gasteiger partial charge in [0.05, 0.1) is 16.4 Å². The number of hydrogen-bond donors (Lipinski definition) is 2. The molecule has 11 heteroatoms. The van der Waals surface area contributed by atoms with Crippen molar-refractivity contribution in [1.82, 2.24) is 4.98 Å². The molecule has 2 aromatic rings. The molecular weight excluding hydrogens is 429 g/mol. The third-order valence-corrected chi connectivity index (χ3v) is 5.10. The van der Waals surface area contributed by atoms with Gasteiger partial charge in [0, 0.05) is 35.4 Å². The Labute approximate surface area is 171 Å². The molecule has 0 fully saturated rings. The van der Waals surface area contributed by atoms with Gasteiger partial charge in [0.2, 0.25) is 0 Å². The topological polar surface area (TPSA) is 97.4 Å². The molecule has 0 bridgehead atoms. The van der Waals surface area contributed by atoms with Gasteiger partial charge in [-0.1, -0.05) is 31.0 Å². The maximum absolute atomic E-state index is 12.5. The summed E-state index contributed by atoms with van der Waals surface area (Å²) in [6.45, 7) is 2.04. The fourth-order valence-corrected chi connectivity index (χ4v) is 3.15. The number of hydrogen-bond acceptors (Lipinski definition) is 5. The Morgan fingerprint density at radius 1 is 1.31 bits per heavy atom. The van der Waals surface area contributed by atoms with Crippen molar-refractivity contribution >= 4 is 44.8 Å². The van der Waals surface area contributed by atoms with Crippen LogP contribution in [0.4, 0.5) is 24.5 Å². The summed E-state index contributed by atoms with van der Waals surface area (Å²) >= 11 is 6.11. The van der Waals surface area contributed by atoms with Gasteiger partial charge >= 0.3 is 15.5 Å². The highest BCUT2D eigenvalue weighted by Crippen LogP contribution is 2.30. The van der Waals surface area contributed by atoms with Crippen molar-refractivity contribution in [3.63, 3.8) is 0 Å². The number of pyridine rings is 1. The first kappa shape index (κ1) is 22.7. The van der Waals surface area contributed by atoms with E-state index in [2.05, 4.69) is 9.98 Å². The molecule has 156 valence electrons. The molecule has 0 saturated heterocycles.